The van der Waals surface area contributed by atoms with E-state index in [2.05, 4.69) is 35.4 Å². The largest absolute Gasteiger partial charge is 0.354 e. The lowest BCUT2D eigenvalue weighted by molar-refractivity contribution is -0.122. The van der Waals surface area contributed by atoms with Crippen LogP contribution in [-0.4, -0.2) is 33.0 Å². The van der Waals surface area contributed by atoms with E-state index in [1.54, 1.807) is 11.8 Å². The summed E-state index contributed by atoms with van der Waals surface area (Å²) < 4.78 is 2.56. The van der Waals surface area contributed by atoms with Crippen LogP contribution < -0.4 is 5.32 Å². The lowest BCUT2D eigenvalue weighted by Gasteiger charge is -2.13. The Hall–Kier alpha value is -1.60. The molecule has 0 radical (unpaired) electrons. The molecule has 0 spiro atoms. The molecule has 1 amide bonds. The van der Waals surface area contributed by atoms with Crippen LogP contribution in [0.25, 0.3) is 0 Å². The molecular weight excluding hydrogens is 328 g/mol. The number of thioether (sulfide) groups is 1. The second-order valence-electron chi connectivity index (χ2n) is 5.89. The van der Waals surface area contributed by atoms with Gasteiger partial charge in [0.2, 0.25) is 5.91 Å². The van der Waals surface area contributed by atoms with Gasteiger partial charge in [-0.3, -0.25) is 9.89 Å². The van der Waals surface area contributed by atoms with Crippen molar-refractivity contribution in [3.05, 3.63) is 40.4 Å². The summed E-state index contributed by atoms with van der Waals surface area (Å²) in [5, 5.41) is 10.1. The number of hydrogen-bond donors (Lipinski definition) is 2. The molecular formula is C16H20N4OS2. The minimum absolute atomic E-state index is 0.0573. The third kappa shape index (κ3) is 3.35. The summed E-state index contributed by atoms with van der Waals surface area (Å²) in [7, 11) is 0. The Kier molecular flexibility index (Phi) is 4.87. The van der Waals surface area contributed by atoms with Crippen molar-refractivity contribution in [2.45, 2.75) is 37.1 Å². The highest BCUT2D eigenvalue weighted by Crippen LogP contribution is 2.39. The number of amides is 1. The molecule has 1 atom stereocenters. The van der Waals surface area contributed by atoms with Gasteiger partial charge in [0, 0.05) is 29.7 Å². The molecule has 2 heterocycles. The number of hydrogen-bond acceptors (Lipinski definition) is 4. The smallest absolute Gasteiger partial charge is 0.228 e. The number of aromatic nitrogens is 3. The standard InChI is InChI=1S/C16H20N4OS2/c1-10(2)14-18-19-16(22)20(14)8-7-17-15(21)12-9-23-13-6-4-3-5-11(12)13/h3-6,10,12H,7-9H2,1-2H3,(H,17,21)(H,19,22). The Labute approximate surface area is 144 Å². The van der Waals surface area contributed by atoms with Gasteiger partial charge in [-0.25, -0.2) is 0 Å². The van der Waals surface area contributed by atoms with Crippen LogP contribution in [0.2, 0.25) is 0 Å². The van der Waals surface area contributed by atoms with Crippen LogP contribution in [0.15, 0.2) is 29.2 Å². The van der Waals surface area contributed by atoms with E-state index >= 15 is 0 Å². The molecule has 122 valence electrons. The molecule has 1 aromatic carbocycles. The molecule has 1 unspecified atom stereocenters. The third-order valence-electron chi connectivity index (χ3n) is 3.96. The third-order valence-corrected chi connectivity index (χ3v) is 5.45. The van der Waals surface area contributed by atoms with Crippen LogP contribution in [-0.2, 0) is 11.3 Å². The highest BCUT2D eigenvalue weighted by atomic mass is 32.2. The molecule has 1 aliphatic heterocycles. The Morgan fingerprint density at radius 1 is 1.52 bits per heavy atom. The first kappa shape index (κ1) is 16.3. The fourth-order valence-electron chi connectivity index (χ4n) is 2.78. The molecule has 1 aliphatic rings. The average molecular weight is 348 g/mol. The Bertz CT molecular complexity index is 765. The fraction of sp³-hybridized carbons (Fsp3) is 0.438. The first-order chi connectivity index (χ1) is 11.1. The van der Waals surface area contributed by atoms with Gasteiger partial charge in [0.25, 0.3) is 0 Å². The van der Waals surface area contributed by atoms with E-state index in [-0.39, 0.29) is 17.7 Å². The first-order valence-corrected chi connectivity index (χ1v) is 9.12. The SMILES string of the molecule is CC(C)c1n[nH]c(=S)n1CCNC(=O)C1CSc2ccccc21. The van der Waals surface area contributed by atoms with Gasteiger partial charge in [0.05, 0.1) is 5.92 Å². The van der Waals surface area contributed by atoms with Crippen LogP contribution in [0.1, 0.15) is 37.1 Å². The number of nitrogens with one attached hydrogen (secondary N) is 2. The van der Waals surface area contributed by atoms with E-state index in [1.807, 2.05) is 22.8 Å². The van der Waals surface area contributed by atoms with Gasteiger partial charge < -0.3 is 9.88 Å². The highest BCUT2D eigenvalue weighted by molar-refractivity contribution is 7.99. The molecule has 1 aromatic heterocycles. The van der Waals surface area contributed by atoms with E-state index in [0.29, 0.717) is 17.9 Å². The van der Waals surface area contributed by atoms with Gasteiger partial charge in [0.1, 0.15) is 5.82 Å². The summed E-state index contributed by atoms with van der Waals surface area (Å²) in [6.07, 6.45) is 0. The van der Waals surface area contributed by atoms with Crippen molar-refractivity contribution in [1.82, 2.24) is 20.1 Å². The van der Waals surface area contributed by atoms with E-state index in [4.69, 9.17) is 12.2 Å². The maximum Gasteiger partial charge on any atom is 0.228 e. The van der Waals surface area contributed by atoms with Gasteiger partial charge in [-0.05, 0) is 23.8 Å². The maximum atomic E-state index is 12.5. The van der Waals surface area contributed by atoms with E-state index in [9.17, 15) is 4.79 Å². The number of aromatic amines is 1. The summed E-state index contributed by atoms with van der Waals surface area (Å²) in [6, 6.07) is 8.13. The number of H-pyrrole nitrogens is 1. The molecule has 0 bridgehead atoms. The fourth-order valence-corrected chi connectivity index (χ4v) is 4.24. The van der Waals surface area contributed by atoms with Gasteiger partial charge in [-0.2, -0.15) is 5.10 Å². The highest BCUT2D eigenvalue weighted by Gasteiger charge is 2.28. The van der Waals surface area contributed by atoms with Gasteiger partial charge in [-0.15, -0.1) is 11.8 Å². The number of carbonyl (C=O) groups is 1. The lowest BCUT2D eigenvalue weighted by Crippen LogP contribution is -2.32. The number of rotatable bonds is 5. The van der Waals surface area contributed by atoms with Crippen molar-refractivity contribution < 1.29 is 4.79 Å². The lowest BCUT2D eigenvalue weighted by atomic mass is 10.0. The van der Waals surface area contributed by atoms with Crippen LogP contribution in [0, 0.1) is 4.77 Å². The van der Waals surface area contributed by atoms with Gasteiger partial charge in [-0.1, -0.05) is 32.0 Å². The van der Waals surface area contributed by atoms with Gasteiger partial charge in [0.15, 0.2) is 4.77 Å². The first-order valence-electron chi connectivity index (χ1n) is 7.72. The molecule has 2 aromatic rings. The van der Waals surface area contributed by atoms with Crippen LogP contribution in [0.5, 0.6) is 0 Å². The molecule has 0 saturated carbocycles. The molecule has 0 saturated heterocycles. The second kappa shape index (κ2) is 6.88. The van der Waals surface area contributed by atoms with E-state index in [1.165, 1.54) is 4.90 Å². The number of carbonyl (C=O) groups excluding carboxylic acids is 1. The van der Waals surface area contributed by atoms with Crippen molar-refractivity contribution in [1.29, 1.82) is 0 Å². The monoisotopic (exact) mass is 348 g/mol. The second-order valence-corrected chi connectivity index (χ2v) is 7.33. The predicted molar refractivity (Wildman–Crippen MR) is 94.4 cm³/mol. The molecule has 7 heteroatoms. The van der Waals surface area contributed by atoms with Crippen molar-refractivity contribution in [3.8, 4) is 0 Å². The maximum absolute atomic E-state index is 12.5. The van der Waals surface area contributed by atoms with Crippen molar-refractivity contribution in [2.24, 2.45) is 0 Å². The number of benzene rings is 1. The summed E-state index contributed by atoms with van der Waals surface area (Å²) >= 11 is 7.01. The van der Waals surface area contributed by atoms with E-state index < -0.39 is 0 Å². The number of fused-ring (bicyclic) bond motifs is 1. The van der Waals surface area contributed by atoms with Crippen LogP contribution in [0.3, 0.4) is 0 Å². The van der Waals surface area contributed by atoms with Gasteiger partial charge >= 0.3 is 0 Å². The molecule has 5 nitrogen and oxygen atoms in total. The zero-order chi connectivity index (χ0) is 16.4. The molecule has 3 rings (SSSR count). The number of nitrogens with zero attached hydrogens (tertiary/aromatic N) is 2. The van der Waals surface area contributed by atoms with Crippen LogP contribution in [0.4, 0.5) is 0 Å². The summed E-state index contributed by atoms with van der Waals surface area (Å²) in [5.74, 6) is 2.05. The minimum Gasteiger partial charge on any atom is -0.354 e. The zero-order valence-corrected chi connectivity index (χ0v) is 14.8. The van der Waals surface area contributed by atoms with E-state index in [0.717, 1.165) is 17.1 Å². The zero-order valence-electron chi connectivity index (χ0n) is 13.2. The van der Waals surface area contributed by atoms with Crippen molar-refractivity contribution in [3.63, 3.8) is 0 Å². The Balaban J connectivity index is 1.61. The average Bonchev–Trinajstić information content (AvgIpc) is 3.11. The molecule has 0 aliphatic carbocycles. The summed E-state index contributed by atoms with van der Waals surface area (Å²) in [5.41, 5.74) is 1.14. The van der Waals surface area contributed by atoms with Crippen molar-refractivity contribution in [2.75, 3.05) is 12.3 Å². The summed E-state index contributed by atoms with van der Waals surface area (Å²) in [4.78, 5) is 13.7. The Morgan fingerprint density at radius 3 is 3.09 bits per heavy atom. The summed E-state index contributed by atoms with van der Waals surface area (Å²) in [6.45, 7) is 5.34. The molecule has 23 heavy (non-hydrogen) atoms. The molecule has 2 N–H and O–H groups in total. The minimum atomic E-state index is -0.0573. The Morgan fingerprint density at radius 2 is 2.30 bits per heavy atom. The molecule has 0 fully saturated rings. The van der Waals surface area contributed by atoms with Crippen LogP contribution >= 0.6 is 24.0 Å². The van der Waals surface area contributed by atoms with Crippen molar-refractivity contribution >= 4 is 29.9 Å². The quantitative estimate of drug-likeness (QED) is 0.815. The topological polar surface area (TPSA) is 62.7 Å². The normalized spacial score (nSPS) is 16.6. The predicted octanol–water partition coefficient (Wildman–Crippen LogP) is 3.07.